The smallest absolute Gasteiger partial charge is 0.171 e. The summed E-state index contributed by atoms with van der Waals surface area (Å²) >= 11 is 5.28. The molecule has 1 aliphatic rings. The Morgan fingerprint density at radius 1 is 1.30 bits per heavy atom. The highest BCUT2D eigenvalue weighted by Crippen LogP contribution is 2.23. The number of sulfone groups is 1. The number of benzene rings is 1. The van der Waals surface area contributed by atoms with Crippen molar-refractivity contribution in [2.75, 3.05) is 16.8 Å². The first kappa shape index (κ1) is 15.3. The SMILES string of the molecule is Cc1ccc(NC(=S)N[C@]2(C)CCS(=O)(=O)C2)cc1C. The lowest BCUT2D eigenvalue weighted by Crippen LogP contribution is -2.48. The van der Waals surface area contributed by atoms with Crippen LogP contribution in [-0.2, 0) is 9.84 Å². The number of hydrogen-bond acceptors (Lipinski definition) is 3. The molecule has 0 amide bonds. The van der Waals surface area contributed by atoms with E-state index >= 15 is 0 Å². The molecule has 1 heterocycles. The van der Waals surface area contributed by atoms with Gasteiger partial charge in [0, 0.05) is 5.69 Å². The summed E-state index contributed by atoms with van der Waals surface area (Å²) in [7, 11) is -2.93. The van der Waals surface area contributed by atoms with E-state index in [4.69, 9.17) is 12.2 Å². The molecule has 2 rings (SSSR count). The first-order valence-electron chi connectivity index (χ1n) is 6.56. The first-order valence-corrected chi connectivity index (χ1v) is 8.79. The fraction of sp³-hybridized carbons (Fsp3) is 0.500. The van der Waals surface area contributed by atoms with Crippen LogP contribution in [0.25, 0.3) is 0 Å². The van der Waals surface area contributed by atoms with Crippen molar-refractivity contribution in [2.45, 2.75) is 32.7 Å². The Hall–Kier alpha value is -1.14. The maximum Gasteiger partial charge on any atom is 0.171 e. The zero-order valence-corrected chi connectivity index (χ0v) is 13.6. The molecule has 0 radical (unpaired) electrons. The van der Waals surface area contributed by atoms with Crippen LogP contribution in [0.5, 0.6) is 0 Å². The second-order valence-corrected chi connectivity index (χ2v) is 8.37. The summed E-state index contributed by atoms with van der Waals surface area (Å²) in [5, 5.41) is 6.72. The van der Waals surface area contributed by atoms with Crippen LogP contribution in [0.2, 0.25) is 0 Å². The predicted octanol–water partition coefficient (Wildman–Crippen LogP) is 2.17. The second-order valence-electron chi connectivity index (χ2n) is 5.78. The van der Waals surface area contributed by atoms with Gasteiger partial charge in [-0.1, -0.05) is 6.07 Å². The fourth-order valence-electron chi connectivity index (χ4n) is 2.36. The average molecular weight is 312 g/mol. The third-order valence-corrected chi connectivity index (χ3v) is 5.79. The summed E-state index contributed by atoms with van der Waals surface area (Å²) in [6.07, 6.45) is 0.587. The van der Waals surface area contributed by atoms with Gasteiger partial charge in [0.25, 0.3) is 0 Å². The standard InChI is InChI=1S/C14H20N2O2S2/c1-10-4-5-12(8-11(10)2)15-13(19)16-14(3)6-7-20(17,18)9-14/h4-5,8H,6-7,9H2,1-3H3,(H2,15,16,19)/t14-/m1/s1. The van der Waals surface area contributed by atoms with Crippen LogP contribution >= 0.6 is 12.2 Å². The van der Waals surface area contributed by atoms with E-state index in [0.29, 0.717) is 11.5 Å². The molecule has 1 atom stereocenters. The van der Waals surface area contributed by atoms with Crippen LogP contribution in [0, 0.1) is 13.8 Å². The highest BCUT2D eigenvalue weighted by atomic mass is 32.2. The molecule has 110 valence electrons. The zero-order valence-electron chi connectivity index (χ0n) is 12.0. The van der Waals surface area contributed by atoms with Gasteiger partial charge >= 0.3 is 0 Å². The van der Waals surface area contributed by atoms with E-state index < -0.39 is 15.4 Å². The number of rotatable bonds is 2. The summed E-state index contributed by atoms with van der Waals surface area (Å²) < 4.78 is 23.1. The number of hydrogen-bond donors (Lipinski definition) is 2. The van der Waals surface area contributed by atoms with Crippen LogP contribution in [0.15, 0.2) is 18.2 Å². The molecule has 6 heteroatoms. The van der Waals surface area contributed by atoms with Gasteiger partial charge in [0.05, 0.1) is 17.0 Å². The molecular formula is C14H20N2O2S2. The third kappa shape index (κ3) is 3.70. The molecule has 0 bridgehead atoms. The molecule has 1 aromatic carbocycles. The van der Waals surface area contributed by atoms with Crippen molar-refractivity contribution in [3.05, 3.63) is 29.3 Å². The van der Waals surface area contributed by atoms with Crippen molar-refractivity contribution in [1.82, 2.24) is 5.32 Å². The lowest BCUT2D eigenvalue weighted by atomic mass is 10.0. The van der Waals surface area contributed by atoms with E-state index in [1.54, 1.807) is 0 Å². The minimum atomic E-state index is -2.93. The van der Waals surface area contributed by atoms with Gasteiger partial charge < -0.3 is 10.6 Å². The summed E-state index contributed by atoms with van der Waals surface area (Å²) in [5.41, 5.74) is 2.86. The molecule has 0 aliphatic carbocycles. The second kappa shape index (κ2) is 5.33. The molecule has 20 heavy (non-hydrogen) atoms. The Morgan fingerprint density at radius 2 is 2.00 bits per heavy atom. The highest BCUT2D eigenvalue weighted by Gasteiger charge is 2.38. The van der Waals surface area contributed by atoms with Crippen LogP contribution in [0.4, 0.5) is 5.69 Å². The predicted molar refractivity (Wildman–Crippen MR) is 86.9 cm³/mol. The molecule has 0 aromatic heterocycles. The minimum absolute atomic E-state index is 0.134. The quantitative estimate of drug-likeness (QED) is 0.820. The molecule has 1 aliphatic heterocycles. The van der Waals surface area contributed by atoms with Crippen LogP contribution in [0.1, 0.15) is 24.5 Å². The van der Waals surface area contributed by atoms with Gasteiger partial charge in [0.15, 0.2) is 14.9 Å². The zero-order chi connectivity index (χ0) is 15.0. The monoisotopic (exact) mass is 312 g/mol. The van der Waals surface area contributed by atoms with Gasteiger partial charge in [-0.3, -0.25) is 0 Å². The van der Waals surface area contributed by atoms with E-state index in [-0.39, 0.29) is 11.5 Å². The topological polar surface area (TPSA) is 58.2 Å². The largest absolute Gasteiger partial charge is 0.356 e. The van der Waals surface area contributed by atoms with Crippen LogP contribution in [-0.4, -0.2) is 30.6 Å². The Bertz CT molecular complexity index is 641. The van der Waals surface area contributed by atoms with Crippen LogP contribution < -0.4 is 10.6 Å². The molecule has 0 saturated carbocycles. The van der Waals surface area contributed by atoms with Gasteiger partial charge in [0.2, 0.25) is 0 Å². The fourth-order valence-corrected chi connectivity index (χ4v) is 4.82. The normalized spacial score (nSPS) is 24.4. The Morgan fingerprint density at radius 3 is 2.55 bits per heavy atom. The van der Waals surface area contributed by atoms with E-state index in [0.717, 1.165) is 5.69 Å². The maximum atomic E-state index is 11.6. The van der Waals surface area contributed by atoms with Crippen molar-refractivity contribution in [1.29, 1.82) is 0 Å². The molecule has 1 saturated heterocycles. The number of anilines is 1. The summed E-state index contributed by atoms with van der Waals surface area (Å²) in [4.78, 5) is 0. The lowest BCUT2D eigenvalue weighted by molar-refractivity contribution is 0.474. The molecule has 1 aromatic rings. The number of aryl methyl sites for hydroxylation is 2. The number of nitrogens with one attached hydrogen (secondary N) is 2. The van der Waals surface area contributed by atoms with Gasteiger partial charge in [0.1, 0.15) is 0 Å². The van der Waals surface area contributed by atoms with Crippen molar-refractivity contribution in [3.63, 3.8) is 0 Å². The Labute approximate surface area is 125 Å². The van der Waals surface area contributed by atoms with Crippen molar-refractivity contribution < 1.29 is 8.42 Å². The van der Waals surface area contributed by atoms with Gasteiger partial charge in [-0.15, -0.1) is 0 Å². The Kier molecular flexibility index (Phi) is 4.07. The summed E-state index contributed by atoms with van der Waals surface area (Å²) in [5.74, 6) is 0.359. The van der Waals surface area contributed by atoms with Gasteiger partial charge in [-0.2, -0.15) is 0 Å². The van der Waals surface area contributed by atoms with Crippen molar-refractivity contribution in [3.8, 4) is 0 Å². The molecule has 2 N–H and O–H groups in total. The third-order valence-electron chi connectivity index (χ3n) is 3.68. The lowest BCUT2D eigenvalue weighted by Gasteiger charge is -2.26. The molecular weight excluding hydrogens is 292 g/mol. The summed E-state index contributed by atoms with van der Waals surface area (Å²) in [6.45, 7) is 5.99. The van der Waals surface area contributed by atoms with E-state index in [9.17, 15) is 8.42 Å². The van der Waals surface area contributed by atoms with Crippen molar-refractivity contribution >= 4 is 32.9 Å². The maximum absolute atomic E-state index is 11.6. The van der Waals surface area contributed by atoms with Crippen LogP contribution in [0.3, 0.4) is 0 Å². The average Bonchev–Trinajstić information content (AvgIpc) is 2.57. The molecule has 0 spiro atoms. The van der Waals surface area contributed by atoms with E-state index in [1.807, 2.05) is 32.0 Å². The van der Waals surface area contributed by atoms with E-state index in [1.165, 1.54) is 11.1 Å². The molecule has 4 nitrogen and oxygen atoms in total. The van der Waals surface area contributed by atoms with Crippen molar-refractivity contribution in [2.24, 2.45) is 0 Å². The summed E-state index contributed by atoms with van der Waals surface area (Å²) in [6, 6.07) is 6.02. The molecule has 1 fully saturated rings. The van der Waals surface area contributed by atoms with Gasteiger partial charge in [-0.05, 0) is 62.7 Å². The Balaban J connectivity index is 2.01. The van der Waals surface area contributed by atoms with E-state index in [2.05, 4.69) is 17.6 Å². The first-order chi connectivity index (χ1) is 9.19. The highest BCUT2D eigenvalue weighted by molar-refractivity contribution is 7.91. The molecule has 0 unspecified atom stereocenters. The number of thiocarbonyl (C=S) groups is 1. The van der Waals surface area contributed by atoms with Gasteiger partial charge in [-0.25, -0.2) is 8.42 Å². The minimum Gasteiger partial charge on any atom is -0.356 e.